The number of para-hydroxylation sites is 1. The monoisotopic (exact) mass is 667 g/mol. The van der Waals surface area contributed by atoms with Crippen LogP contribution in [0.5, 0.6) is 0 Å². The lowest BCUT2D eigenvalue weighted by atomic mass is 9.91. The highest BCUT2D eigenvalue weighted by molar-refractivity contribution is 7.99. The highest BCUT2D eigenvalue weighted by atomic mass is 32.2. The molecule has 2 aromatic carbocycles. The van der Waals surface area contributed by atoms with Gasteiger partial charge in [-0.3, -0.25) is 24.6 Å². The van der Waals surface area contributed by atoms with Crippen molar-refractivity contribution in [2.75, 3.05) is 36.9 Å². The van der Waals surface area contributed by atoms with Crippen LogP contribution in [0.15, 0.2) is 59.5 Å². The average molecular weight is 668 g/mol. The van der Waals surface area contributed by atoms with E-state index in [2.05, 4.69) is 5.32 Å². The highest BCUT2D eigenvalue weighted by Gasteiger charge is 2.36. The number of hydrogen-bond donors (Lipinski definition) is 1. The maximum Gasteiger partial charge on any atom is 0.410 e. The molecule has 2 atom stereocenters. The number of nitrogens with one attached hydrogen (secondary N) is 1. The van der Waals surface area contributed by atoms with Crippen LogP contribution < -0.4 is 10.2 Å². The van der Waals surface area contributed by atoms with E-state index in [-0.39, 0.29) is 37.7 Å². The van der Waals surface area contributed by atoms with Gasteiger partial charge in [-0.1, -0.05) is 61.7 Å². The van der Waals surface area contributed by atoms with E-state index in [0.717, 1.165) is 42.6 Å². The molecule has 0 saturated carbocycles. The lowest BCUT2D eigenvalue weighted by Gasteiger charge is -2.31. The Hall–Kier alpha value is -3.57. The van der Waals surface area contributed by atoms with E-state index in [4.69, 9.17) is 14.2 Å². The largest absolute Gasteiger partial charge is 0.465 e. The summed E-state index contributed by atoms with van der Waals surface area (Å²) in [6.07, 6.45) is 4.80. The maximum atomic E-state index is 13.9. The first-order valence-corrected chi connectivity index (χ1v) is 17.7. The number of benzene rings is 2. The molecular weight excluding hydrogens is 618 g/mol. The zero-order valence-electron chi connectivity index (χ0n) is 28.1. The molecule has 4 rings (SSSR count). The van der Waals surface area contributed by atoms with Gasteiger partial charge in [0.15, 0.2) is 0 Å². The number of esters is 2. The number of piperidine rings is 1. The van der Waals surface area contributed by atoms with E-state index < -0.39 is 23.7 Å². The molecule has 11 heteroatoms. The predicted molar refractivity (Wildman–Crippen MR) is 182 cm³/mol. The molecule has 0 spiro atoms. The first-order chi connectivity index (χ1) is 22.5. The Bertz CT molecular complexity index is 1340. The van der Waals surface area contributed by atoms with Crippen molar-refractivity contribution in [2.45, 2.75) is 95.4 Å². The topological polar surface area (TPSA) is 114 Å². The second-order valence-corrected chi connectivity index (χ2v) is 14.1. The molecule has 47 heavy (non-hydrogen) atoms. The number of unbranched alkanes of at least 4 members (excludes halogenated alkanes) is 1. The van der Waals surface area contributed by atoms with Crippen LogP contribution in [-0.4, -0.2) is 78.5 Å². The van der Waals surface area contributed by atoms with Crippen molar-refractivity contribution >= 4 is 41.4 Å². The zero-order valence-corrected chi connectivity index (χ0v) is 28.9. The lowest BCUT2D eigenvalue weighted by molar-refractivity contribution is -0.154. The number of anilines is 1. The minimum absolute atomic E-state index is 0.223. The van der Waals surface area contributed by atoms with Gasteiger partial charge >= 0.3 is 18.0 Å². The summed E-state index contributed by atoms with van der Waals surface area (Å²) in [5, 5.41) is 3.30. The number of hydrogen-bond acceptors (Lipinski definition) is 9. The number of ether oxygens (including phenoxy) is 3. The molecule has 2 aromatic rings. The van der Waals surface area contributed by atoms with Crippen LogP contribution in [0.1, 0.15) is 71.8 Å². The van der Waals surface area contributed by atoms with Crippen LogP contribution >= 0.6 is 11.8 Å². The third-order valence-corrected chi connectivity index (χ3v) is 9.40. The average Bonchev–Trinajstić information content (AvgIpc) is 3.17. The molecule has 2 amide bonds. The molecule has 10 nitrogen and oxygen atoms in total. The van der Waals surface area contributed by atoms with Crippen molar-refractivity contribution in [2.24, 2.45) is 5.92 Å². The normalized spacial score (nSPS) is 17.8. The molecule has 1 unspecified atom stereocenters. The van der Waals surface area contributed by atoms with Gasteiger partial charge < -0.3 is 19.1 Å². The van der Waals surface area contributed by atoms with Crippen molar-refractivity contribution in [1.29, 1.82) is 0 Å². The van der Waals surface area contributed by atoms with Gasteiger partial charge in [-0.2, -0.15) is 0 Å². The Morgan fingerprint density at radius 3 is 2.38 bits per heavy atom. The van der Waals surface area contributed by atoms with Crippen LogP contribution in [0.25, 0.3) is 0 Å². The maximum absolute atomic E-state index is 13.9. The standard InChI is InChI=1S/C36H49N3O7S/c1-5-44-34(42)28(16-10-9-13-26-19-21-38(22-20-26)35(43)45-24-27-14-7-6-8-15-27)37-29-25-47-31-18-12-11-17-30(31)39(33(29)41)23-32(40)46-36(2,3)4/h6-8,11-12,14-15,17-18,26,28-29,37H,5,9-10,13,16,19-25H2,1-4H3/t28-,29?/m1/s1. The number of fused-ring (bicyclic) bond motifs is 1. The number of amides is 2. The van der Waals surface area contributed by atoms with Crippen molar-refractivity contribution < 1.29 is 33.4 Å². The van der Waals surface area contributed by atoms with Gasteiger partial charge in [0.05, 0.1) is 18.3 Å². The second-order valence-electron chi connectivity index (χ2n) is 13.1. The molecule has 0 radical (unpaired) electrons. The Balaban J connectivity index is 1.28. The molecule has 0 aliphatic carbocycles. The minimum Gasteiger partial charge on any atom is -0.465 e. The summed E-state index contributed by atoms with van der Waals surface area (Å²) < 4.78 is 16.4. The summed E-state index contributed by atoms with van der Waals surface area (Å²) in [4.78, 5) is 56.4. The molecular formula is C36H49N3O7S. The highest BCUT2D eigenvalue weighted by Crippen LogP contribution is 2.34. The van der Waals surface area contributed by atoms with Crippen LogP contribution in [0.2, 0.25) is 0 Å². The van der Waals surface area contributed by atoms with Gasteiger partial charge in [0.1, 0.15) is 24.8 Å². The summed E-state index contributed by atoms with van der Waals surface area (Å²) in [7, 11) is 0. The fourth-order valence-electron chi connectivity index (χ4n) is 5.89. The summed E-state index contributed by atoms with van der Waals surface area (Å²) in [6.45, 7) is 8.79. The minimum atomic E-state index is -0.699. The molecule has 1 N–H and O–H groups in total. The van der Waals surface area contributed by atoms with Gasteiger partial charge in [0.25, 0.3) is 0 Å². The Morgan fingerprint density at radius 1 is 0.979 bits per heavy atom. The van der Waals surface area contributed by atoms with Crippen LogP contribution in [-0.2, 0) is 35.2 Å². The molecule has 2 heterocycles. The van der Waals surface area contributed by atoms with E-state index in [9.17, 15) is 19.2 Å². The summed E-state index contributed by atoms with van der Waals surface area (Å²) in [5.41, 5.74) is 0.940. The van der Waals surface area contributed by atoms with E-state index in [1.54, 1.807) is 32.6 Å². The molecule has 256 valence electrons. The molecule has 0 aromatic heterocycles. The zero-order chi connectivity index (χ0) is 33.8. The third-order valence-electron chi connectivity index (χ3n) is 8.24. The van der Waals surface area contributed by atoms with E-state index in [1.165, 1.54) is 16.7 Å². The SMILES string of the molecule is CCOC(=O)[C@@H](CCCCC1CCN(C(=O)OCc2ccccc2)CC1)NC1CSc2ccccc2N(CC(=O)OC(C)(C)C)C1=O. The van der Waals surface area contributed by atoms with Gasteiger partial charge in [0.2, 0.25) is 5.91 Å². The Kier molecular flexibility index (Phi) is 13.5. The lowest BCUT2D eigenvalue weighted by Crippen LogP contribution is -2.54. The molecule has 2 aliphatic heterocycles. The number of carbonyl (C=O) groups is 4. The fourth-order valence-corrected chi connectivity index (χ4v) is 6.98. The number of nitrogens with zero attached hydrogens (tertiary/aromatic N) is 2. The quantitative estimate of drug-likeness (QED) is 0.157. The van der Waals surface area contributed by atoms with Crippen LogP contribution in [0.3, 0.4) is 0 Å². The predicted octanol–water partition coefficient (Wildman–Crippen LogP) is 5.97. The van der Waals surface area contributed by atoms with E-state index in [1.807, 2.05) is 54.6 Å². The van der Waals surface area contributed by atoms with E-state index in [0.29, 0.717) is 36.9 Å². The number of carbonyl (C=O) groups excluding carboxylic acids is 4. The van der Waals surface area contributed by atoms with Crippen molar-refractivity contribution in [3.05, 3.63) is 60.2 Å². The van der Waals surface area contributed by atoms with Gasteiger partial charge in [-0.15, -0.1) is 11.8 Å². The second kappa shape index (κ2) is 17.5. The molecule has 0 bridgehead atoms. The molecule has 1 saturated heterocycles. The van der Waals surface area contributed by atoms with Gasteiger partial charge in [0, 0.05) is 23.7 Å². The van der Waals surface area contributed by atoms with Crippen molar-refractivity contribution in [3.63, 3.8) is 0 Å². The van der Waals surface area contributed by atoms with Gasteiger partial charge in [-0.05, 0) is 70.6 Å². The van der Waals surface area contributed by atoms with Gasteiger partial charge in [-0.25, -0.2) is 4.79 Å². The molecule has 1 fully saturated rings. The summed E-state index contributed by atoms with van der Waals surface area (Å²) in [5.74, 6) is -0.252. The van der Waals surface area contributed by atoms with Crippen molar-refractivity contribution in [1.82, 2.24) is 10.2 Å². The number of likely N-dealkylation sites (tertiary alicyclic amines) is 1. The fraction of sp³-hybridized carbons (Fsp3) is 0.556. The number of rotatable bonds is 13. The third kappa shape index (κ3) is 11.3. The summed E-state index contributed by atoms with van der Waals surface area (Å²) >= 11 is 1.52. The summed E-state index contributed by atoms with van der Waals surface area (Å²) in [6, 6.07) is 15.8. The van der Waals surface area contributed by atoms with E-state index >= 15 is 0 Å². The van der Waals surface area contributed by atoms with Crippen LogP contribution in [0.4, 0.5) is 10.5 Å². The first-order valence-electron chi connectivity index (χ1n) is 16.7. The molecule has 2 aliphatic rings. The Labute approximate surface area is 282 Å². The number of thioether (sulfide) groups is 1. The first kappa shape index (κ1) is 36.3. The van der Waals surface area contributed by atoms with Crippen LogP contribution in [0, 0.1) is 5.92 Å². The van der Waals surface area contributed by atoms with Crippen molar-refractivity contribution in [3.8, 4) is 0 Å². The Morgan fingerprint density at radius 2 is 1.68 bits per heavy atom. The smallest absolute Gasteiger partial charge is 0.410 e.